The van der Waals surface area contributed by atoms with Crippen LogP contribution in [0, 0.1) is 11.3 Å². The fraction of sp³-hybridized carbons (Fsp3) is 0.333. The molecule has 4 nitrogen and oxygen atoms in total. The Balaban J connectivity index is 4.39. The molecule has 0 aliphatic rings. The molecule has 0 saturated heterocycles. The van der Waals surface area contributed by atoms with Crippen molar-refractivity contribution in [3.05, 3.63) is 10.7 Å². The van der Waals surface area contributed by atoms with E-state index in [2.05, 4.69) is 4.74 Å². The number of nitriles is 1. The number of hydrogen-bond donors (Lipinski definition) is 1. The molecule has 0 aromatic carbocycles. The van der Waals surface area contributed by atoms with E-state index in [4.69, 9.17) is 57.4 Å². The molecule has 0 aliphatic carbocycles. The average molecular weight is 278 g/mol. The summed E-state index contributed by atoms with van der Waals surface area (Å²) in [6.45, 7) is -0.494. The zero-order valence-electron chi connectivity index (χ0n) is 6.56. The Labute approximate surface area is 100 Å². The SMILES string of the molecule is N#C/C(C(=O)OCC(Cl)(Cl)Cl)=C(/N)Cl. The first-order valence-corrected chi connectivity index (χ1v) is 4.58. The van der Waals surface area contributed by atoms with Gasteiger partial charge in [0.25, 0.3) is 0 Å². The van der Waals surface area contributed by atoms with E-state index in [0.29, 0.717) is 0 Å². The summed E-state index contributed by atoms with van der Waals surface area (Å²) in [5, 5.41) is 7.95. The standard InChI is InChI=1S/C6H4Cl4N2O2/c7-4(12)3(1-11)5(13)14-2-6(8,9)10/h2,12H2/b4-3-. The van der Waals surface area contributed by atoms with Crippen molar-refractivity contribution in [3.63, 3.8) is 0 Å². The van der Waals surface area contributed by atoms with Gasteiger partial charge < -0.3 is 10.5 Å². The van der Waals surface area contributed by atoms with E-state index in [1.165, 1.54) is 6.07 Å². The number of nitrogens with zero attached hydrogens (tertiary/aromatic N) is 1. The summed E-state index contributed by atoms with van der Waals surface area (Å²) >= 11 is 21.1. The Morgan fingerprint density at radius 2 is 2.00 bits per heavy atom. The zero-order chi connectivity index (χ0) is 11.4. The van der Waals surface area contributed by atoms with Crippen molar-refractivity contribution in [3.8, 4) is 6.07 Å². The fourth-order valence-electron chi connectivity index (χ4n) is 0.416. The third kappa shape index (κ3) is 5.40. The topological polar surface area (TPSA) is 76.1 Å². The van der Waals surface area contributed by atoms with Crippen molar-refractivity contribution in [2.24, 2.45) is 5.73 Å². The van der Waals surface area contributed by atoms with Crippen LogP contribution in [-0.2, 0) is 9.53 Å². The van der Waals surface area contributed by atoms with Crippen molar-refractivity contribution in [2.75, 3.05) is 6.61 Å². The van der Waals surface area contributed by atoms with E-state index in [9.17, 15) is 4.79 Å². The Kier molecular flexibility index (Phi) is 5.38. The Morgan fingerprint density at radius 3 is 2.29 bits per heavy atom. The molecule has 0 unspecified atom stereocenters. The molecule has 0 spiro atoms. The Morgan fingerprint density at radius 1 is 1.50 bits per heavy atom. The normalized spacial score (nSPS) is 12.8. The van der Waals surface area contributed by atoms with Gasteiger partial charge in [-0.1, -0.05) is 46.4 Å². The maximum Gasteiger partial charge on any atom is 0.352 e. The monoisotopic (exact) mass is 276 g/mol. The van der Waals surface area contributed by atoms with Gasteiger partial charge in [0, 0.05) is 0 Å². The lowest BCUT2D eigenvalue weighted by molar-refractivity contribution is -0.138. The molecule has 0 atom stereocenters. The summed E-state index contributed by atoms with van der Waals surface area (Å²) in [6.07, 6.45) is 0. The van der Waals surface area contributed by atoms with E-state index in [1.807, 2.05) is 0 Å². The van der Waals surface area contributed by atoms with Crippen molar-refractivity contribution < 1.29 is 9.53 Å². The number of ether oxygens (including phenoxy) is 1. The van der Waals surface area contributed by atoms with E-state index in [0.717, 1.165) is 0 Å². The van der Waals surface area contributed by atoms with Gasteiger partial charge in [-0.25, -0.2) is 4.79 Å². The van der Waals surface area contributed by atoms with Crippen LogP contribution >= 0.6 is 46.4 Å². The Hall–Kier alpha value is -0.340. The van der Waals surface area contributed by atoms with Gasteiger partial charge in [0.05, 0.1) is 0 Å². The van der Waals surface area contributed by atoms with E-state index in [-0.39, 0.29) is 0 Å². The van der Waals surface area contributed by atoms with Gasteiger partial charge in [0.1, 0.15) is 17.8 Å². The van der Waals surface area contributed by atoms with Gasteiger partial charge >= 0.3 is 5.97 Å². The van der Waals surface area contributed by atoms with Gasteiger partial charge in [-0.3, -0.25) is 0 Å². The number of esters is 1. The minimum Gasteiger partial charge on any atom is -0.457 e. The number of halogens is 4. The van der Waals surface area contributed by atoms with Gasteiger partial charge in [-0.15, -0.1) is 0 Å². The van der Waals surface area contributed by atoms with Crippen LogP contribution < -0.4 is 5.73 Å². The molecular formula is C6H4Cl4N2O2. The third-order valence-corrected chi connectivity index (χ3v) is 1.44. The van der Waals surface area contributed by atoms with Crippen LogP contribution in [0.25, 0.3) is 0 Å². The highest BCUT2D eigenvalue weighted by molar-refractivity contribution is 6.67. The van der Waals surface area contributed by atoms with Gasteiger partial charge in [-0.05, 0) is 0 Å². The summed E-state index contributed by atoms with van der Waals surface area (Å²) in [5.74, 6) is -1.04. The highest BCUT2D eigenvalue weighted by Crippen LogP contribution is 2.26. The van der Waals surface area contributed by atoms with Crippen LogP contribution in [-0.4, -0.2) is 16.4 Å². The van der Waals surface area contributed by atoms with Crippen LogP contribution in [0.15, 0.2) is 10.7 Å². The predicted octanol–water partition coefficient (Wildman–Crippen LogP) is 1.83. The zero-order valence-corrected chi connectivity index (χ0v) is 9.58. The predicted molar refractivity (Wildman–Crippen MR) is 53.9 cm³/mol. The first-order valence-electron chi connectivity index (χ1n) is 3.07. The molecule has 0 fully saturated rings. The fourth-order valence-corrected chi connectivity index (χ4v) is 0.699. The van der Waals surface area contributed by atoms with Crippen LogP contribution in [0.3, 0.4) is 0 Å². The number of alkyl halides is 3. The summed E-state index contributed by atoms with van der Waals surface area (Å²) < 4.78 is 2.70. The molecular weight excluding hydrogens is 274 g/mol. The molecule has 0 saturated carbocycles. The maximum atomic E-state index is 11.0. The molecule has 0 aromatic heterocycles. The summed E-state index contributed by atoms with van der Waals surface area (Å²) in [7, 11) is 0. The lowest BCUT2D eigenvalue weighted by Gasteiger charge is -2.10. The number of carbonyl (C=O) groups excluding carboxylic acids is 1. The van der Waals surface area contributed by atoms with E-state index in [1.54, 1.807) is 0 Å². The minimum atomic E-state index is -1.74. The number of hydrogen-bond acceptors (Lipinski definition) is 4. The molecule has 78 valence electrons. The molecule has 0 heterocycles. The second-order valence-electron chi connectivity index (χ2n) is 2.03. The summed E-state index contributed by atoms with van der Waals surface area (Å²) in [5.41, 5.74) is 4.48. The second-order valence-corrected chi connectivity index (χ2v) is 4.95. The van der Waals surface area contributed by atoms with Gasteiger partial charge in [-0.2, -0.15) is 5.26 Å². The molecule has 0 bridgehead atoms. The summed E-state index contributed by atoms with van der Waals surface area (Å²) in [4.78, 5) is 11.0. The van der Waals surface area contributed by atoms with Crippen LogP contribution in [0.5, 0.6) is 0 Å². The number of nitrogens with two attached hydrogens (primary N) is 1. The van der Waals surface area contributed by atoms with Gasteiger partial charge in [0.2, 0.25) is 3.79 Å². The highest BCUT2D eigenvalue weighted by Gasteiger charge is 2.24. The lowest BCUT2D eigenvalue weighted by Crippen LogP contribution is -2.19. The average Bonchev–Trinajstić information content (AvgIpc) is 2.00. The van der Waals surface area contributed by atoms with E-state index >= 15 is 0 Å². The largest absolute Gasteiger partial charge is 0.457 e. The van der Waals surface area contributed by atoms with Crippen molar-refractivity contribution in [1.82, 2.24) is 0 Å². The first-order chi connectivity index (χ1) is 6.28. The Bertz CT molecular complexity index is 298. The summed E-state index contributed by atoms with van der Waals surface area (Å²) in [6, 6.07) is 1.46. The van der Waals surface area contributed by atoms with Crippen LogP contribution in [0.1, 0.15) is 0 Å². The quantitative estimate of drug-likeness (QED) is 0.275. The maximum absolute atomic E-state index is 11.0. The highest BCUT2D eigenvalue weighted by atomic mass is 35.6. The molecule has 0 radical (unpaired) electrons. The molecule has 8 heteroatoms. The molecule has 2 N–H and O–H groups in total. The second kappa shape index (κ2) is 5.52. The van der Waals surface area contributed by atoms with Crippen molar-refractivity contribution >= 4 is 52.4 Å². The van der Waals surface area contributed by atoms with Crippen molar-refractivity contribution in [1.29, 1.82) is 5.26 Å². The third-order valence-electron chi connectivity index (χ3n) is 0.922. The smallest absolute Gasteiger partial charge is 0.352 e. The molecule has 0 rings (SSSR count). The molecule has 14 heavy (non-hydrogen) atoms. The van der Waals surface area contributed by atoms with Crippen molar-refractivity contribution in [2.45, 2.75) is 3.79 Å². The van der Waals surface area contributed by atoms with Crippen LogP contribution in [0.4, 0.5) is 0 Å². The molecule has 0 aromatic rings. The first kappa shape index (κ1) is 13.7. The van der Waals surface area contributed by atoms with E-state index < -0.39 is 27.1 Å². The number of rotatable bonds is 2. The van der Waals surface area contributed by atoms with Gasteiger partial charge in [0.15, 0.2) is 5.57 Å². The molecule has 0 amide bonds. The van der Waals surface area contributed by atoms with Crippen LogP contribution in [0.2, 0.25) is 0 Å². The molecule has 0 aliphatic heterocycles. The minimum absolute atomic E-state index is 0.471. The number of carbonyl (C=O) groups is 1. The lowest BCUT2D eigenvalue weighted by atomic mass is 10.3.